The van der Waals surface area contributed by atoms with Crippen molar-refractivity contribution in [3.63, 3.8) is 0 Å². The van der Waals surface area contributed by atoms with E-state index >= 15 is 0 Å². The number of aromatic nitrogens is 3. The molecule has 160 valence electrons. The van der Waals surface area contributed by atoms with Crippen LogP contribution >= 0.6 is 0 Å². The Hall–Kier alpha value is -4.20. The SMILES string of the molecule is Cc1nc(-c2cccnc2)nc(NNC(=O)c2cccc(-c3c(F)cccc3F)c2)c1C. The molecule has 2 N–H and O–H groups in total. The average Bonchev–Trinajstić information content (AvgIpc) is 2.80. The summed E-state index contributed by atoms with van der Waals surface area (Å²) in [4.78, 5) is 25.7. The van der Waals surface area contributed by atoms with Crippen LogP contribution in [0, 0.1) is 25.5 Å². The van der Waals surface area contributed by atoms with Gasteiger partial charge in [0.2, 0.25) is 0 Å². The van der Waals surface area contributed by atoms with Crippen LogP contribution in [0.15, 0.2) is 67.0 Å². The van der Waals surface area contributed by atoms with Crippen LogP contribution in [0.25, 0.3) is 22.5 Å². The number of hydrogen-bond acceptors (Lipinski definition) is 5. The number of carbonyl (C=O) groups excluding carboxylic acids is 1. The number of hydrogen-bond donors (Lipinski definition) is 2. The van der Waals surface area contributed by atoms with Gasteiger partial charge in [-0.15, -0.1) is 0 Å². The van der Waals surface area contributed by atoms with E-state index < -0.39 is 17.5 Å². The van der Waals surface area contributed by atoms with Crippen molar-refractivity contribution >= 4 is 11.7 Å². The van der Waals surface area contributed by atoms with Gasteiger partial charge < -0.3 is 0 Å². The summed E-state index contributed by atoms with van der Waals surface area (Å²) in [7, 11) is 0. The zero-order chi connectivity index (χ0) is 22.7. The minimum absolute atomic E-state index is 0.182. The predicted octanol–water partition coefficient (Wildman–Crippen LogP) is 4.86. The molecule has 0 saturated carbocycles. The lowest BCUT2D eigenvalue weighted by Crippen LogP contribution is -2.30. The van der Waals surface area contributed by atoms with Crippen molar-refractivity contribution in [2.45, 2.75) is 13.8 Å². The summed E-state index contributed by atoms with van der Waals surface area (Å²) in [6.45, 7) is 3.68. The number of nitrogens with one attached hydrogen (secondary N) is 2. The molecule has 4 rings (SSSR count). The van der Waals surface area contributed by atoms with Crippen LogP contribution in [0.2, 0.25) is 0 Å². The maximum Gasteiger partial charge on any atom is 0.269 e. The van der Waals surface area contributed by atoms with Crippen LogP contribution in [-0.4, -0.2) is 20.9 Å². The Morgan fingerprint density at radius 2 is 1.62 bits per heavy atom. The van der Waals surface area contributed by atoms with E-state index in [9.17, 15) is 13.6 Å². The molecule has 0 unspecified atom stereocenters. The Morgan fingerprint density at radius 1 is 0.906 bits per heavy atom. The second kappa shape index (κ2) is 8.89. The number of rotatable bonds is 5. The molecule has 0 saturated heterocycles. The first kappa shape index (κ1) is 21.0. The summed E-state index contributed by atoms with van der Waals surface area (Å²) in [5.41, 5.74) is 7.97. The fourth-order valence-corrected chi connectivity index (χ4v) is 3.15. The van der Waals surface area contributed by atoms with Gasteiger partial charge in [0.05, 0.1) is 5.56 Å². The fourth-order valence-electron chi connectivity index (χ4n) is 3.15. The Kier molecular flexibility index (Phi) is 5.85. The highest BCUT2D eigenvalue weighted by Crippen LogP contribution is 2.26. The van der Waals surface area contributed by atoms with E-state index in [0.717, 1.165) is 16.8 Å². The molecule has 8 heteroatoms. The molecule has 2 heterocycles. The Morgan fingerprint density at radius 3 is 2.34 bits per heavy atom. The Labute approximate surface area is 183 Å². The number of carbonyl (C=O) groups is 1. The van der Waals surface area contributed by atoms with Crippen LogP contribution in [0.3, 0.4) is 0 Å². The molecule has 1 amide bonds. The largest absolute Gasteiger partial charge is 0.281 e. The highest BCUT2D eigenvalue weighted by molar-refractivity contribution is 5.96. The van der Waals surface area contributed by atoms with Gasteiger partial charge in [-0.2, -0.15) is 0 Å². The number of amides is 1. The minimum Gasteiger partial charge on any atom is -0.281 e. The van der Waals surface area contributed by atoms with Gasteiger partial charge in [-0.1, -0.05) is 18.2 Å². The lowest BCUT2D eigenvalue weighted by atomic mass is 10.0. The van der Waals surface area contributed by atoms with Crippen molar-refractivity contribution in [2.24, 2.45) is 0 Å². The molecule has 0 atom stereocenters. The molecule has 6 nitrogen and oxygen atoms in total. The summed E-state index contributed by atoms with van der Waals surface area (Å²) in [5.74, 6) is -0.982. The number of nitrogens with zero attached hydrogens (tertiary/aromatic N) is 3. The molecule has 4 aromatic rings. The summed E-state index contributed by atoms with van der Waals surface area (Å²) in [6.07, 6.45) is 3.31. The highest BCUT2D eigenvalue weighted by atomic mass is 19.1. The van der Waals surface area contributed by atoms with Gasteiger partial charge in [0.1, 0.15) is 11.6 Å². The number of hydrazine groups is 1. The molecule has 32 heavy (non-hydrogen) atoms. The van der Waals surface area contributed by atoms with Crippen LogP contribution < -0.4 is 10.9 Å². The van der Waals surface area contributed by atoms with Gasteiger partial charge >= 0.3 is 0 Å². The summed E-state index contributed by atoms with van der Waals surface area (Å²) < 4.78 is 28.3. The second-order valence-electron chi connectivity index (χ2n) is 7.10. The third kappa shape index (κ3) is 4.29. The molecule has 0 spiro atoms. The highest BCUT2D eigenvalue weighted by Gasteiger charge is 2.15. The topological polar surface area (TPSA) is 79.8 Å². The minimum atomic E-state index is -0.698. The van der Waals surface area contributed by atoms with E-state index in [2.05, 4.69) is 25.8 Å². The Balaban J connectivity index is 1.57. The smallest absolute Gasteiger partial charge is 0.269 e. The van der Waals surface area contributed by atoms with Gasteiger partial charge in [0.15, 0.2) is 11.6 Å². The lowest BCUT2D eigenvalue weighted by Gasteiger charge is -2.13. The maximum absolute atomic E-state index is 14.1. The normalized spacial score (nSPS) is 10.6. The molecule has 0 radical (unpaired) electrons. The zero-order valence-electron chi connectivity index (χ0n) is 17.4. The number of anilines is 1. The standard InChI is InChI=1S/C24H19F2N5O/c1-14-15(2)28-23(18-8-5-11-27-13-18)29-22(14)30-31-24(32)17-7-3-6-16(12-17)21-19(25)9-4-10-20(21)26/h3-13H,1-2H3,(H,31,32)(H,28,29,30). The van der Waals surface area contributed by atoms with E-state index in [1.807, 2.05) is 19.9 Å². The van der Waals surface area contributed by atoms with Crippen molar-refractivity contribution in [1.29, 1.82) is 0 Å². The molecule has 2 aromatic heterocycles. The van der Waals surface area contributed by atoms with E-state index in [1.165, 1.54) is 24.3 Å². The van der Waals surface area contributed by atoms with Crippen LogP contribution in [0.1, 0.15) is 21.6 Å². The lowest BCUT2D eigenvalue weighted by molar-refractivity contribution is 0.0962. The van der Waals surface area contributed by atoms with Crippen molar-refractivity contribution in [3.05, 3.63) is 95.4 Å². The maximum atomic E-state index is 14.1. The molecule has 0 aliphatic rings. The van der Waals surface area contributed by atoms with E-state index in [1.54, 1.807) is 36.7 Å². The first-order valence-electron chi connectivity index (χ1n) is 9.80. The van der Waals surface area contributed by atoms with Gasteiger partial charge in [-0.05, 0) is 55.8 Å². The molecule has 0 fully saturated rings. The Bertz CT molecular complexity index is 1270. The predicted molar refractivity (Wildman–Crippen MR) is 118 cm³/mol. The van der Waals surface area contributed by atoms with E-state index in [4.69, 9.17) is 0 Å². The van der Waals surface area contributed by atoms with Crippen LogP contribution in [0.5, 0.6) is 0 Å². The molecule has 0 bridgehead atoms. The molecular formula is C24H19F2N5O. The third-order valence-electron chi connectivity index (χ3n) is 4.98. The molecule has 0 aliphatic carbocycles. The van der Waals surface area contributed by atoms with Gasteiger partial charge in [-0.3, -0.25) is 20.6 Å². The number of pyridine rings is 1. The van der Waals surface area contributed by atoms with E-state index in [0.29, 0.717) is 11.6 Å². The number of benzene rings is 2. The van der Waals surface area contributed by atoms with Crippen LogP contribution in [-0.2, 0) is 0 Å². The summed E-state index contributed by atoms with van der Waals surface area (Å²) >= 11 is 0. The molecular weight excluding hydrogens is 412 g/mol. The fraction of sp³-hybridized carbons (Fsp3) is 0.0833. The molecule has 2 aromatic carbocycles. The second-order valence-corrected chi connectivity index (χ2v) is 7.10. The van der Waals surface area contributed by atoms with Crippen molar-refractivity contribution in [2.75, 3.05) is 5.43 Å². The average molecular weight is 431 g/mol. The monoisotopic (exact) mass is 431 g/mol. The quantitative estimate of drug-likeness (QED) is 0.441. The van der Waals surface area contributed by atoms with Crippen molar-refractivity contribution < 1.29 is 13.6 Å². The summed E-state index contributed by atoms with van der Waals surface area (Å²) in [6, 6.07) is 13.4. The van der Waals surface area contributed by atoms with Crippen LogP contribution in [0.4, 0.5) is 14.6 Å². The zero-order valence-corrected chi connectivity index (χ0v) is 17.4. The number of halogens is 2. The van der Waals surface area contributed by atoms with Gasteiger partial charge in [0, 0.05) is 34.8 Å². The molecule has 0 aliphatic heterocycles. The van der Waals surface area contributed by atoms with Crippen molar-refractivity contribution in [3.8, 4) is 22.5 Å². The third-order valence-corrected chi connectivity index (χ3v) is 4.98. The number of aryl methyl sites for hydroxylation is 1. The van der Waals surface area contributed by atoms with Crippen molar-refractivity contribution in [1.82, 2.24) is 20.4 Å². The first-order valence-corrected chi connectivity index (χ1v) is 9.80. The first-order chi connectivity index (χ1) is 15.4. The van der Waals surface area contributed by atoms with Gasteiger partial charge in [-0.25, -0.2) is 18.7 Å². The summed E-state index contributed by atoms with van der Waals surface area (Å²) in [5, 5.41) is 0. The van der Waals surface area contributed by atoms with E-state index in [-0.39, 0.29) is 16.7 Å². The van der Waals surface area contributed by atoms with Gasteiger partial charge in [0.25, 0.3) is 5.91 Å².